The van der Waals surface area contributed by atoms with Gasteiger partial charge in [0.1, 0.15) is 5.65 Å². The third kappa shape index (κ3) is 4.95. The quantitative estimate of drug-likeness (QED) is 0.383. The zero-order chi connectivity index (χ0) is 26.2. The first-order chi connectivity index (χ1) is 17.7. The summed E-state index contributed by atoms with van der Waals surface area (Å²) in [6.07, 6.45) is -0.696. The van der Waals surface area contributed by atoms with Gasteiger partial charge in [-0.1, -0.05) is 18.2 Å². The number of pyridine rings is 1. The van der Waals surface area contributed by atoms with Crippen molar-refractivity contribution in [3.63, 3.8) is 0 Å². The fourth-order valence-corrected chi connectivity index (χ4v) is 5.57. The lowest BCUT2D eigenvalue weighted by molar-refractivity contribution is 0.116. The van der Waals surface area contributed by atoms with E-state index in [0.717, 1.165) is 0 Å². The summed E-state index contributed by atoms with van der Waals surface area (Å²) in [6.45, 7) is 0.0850. The third-order valence-electron chi connectivity index (χ3n) is 5.85. The van der Waals surface area contributed by atoms with Crippen LogP contribution in [0.3, 0.4) is 0 Å². The smallest absolute Gasteiger partial charge is 0.407 e. The van der Waals surface area contributed by atoms with E-state index in [4.69, 9.17) is 4.42 Å². The molecule has 15 heteroatoms. The van der Waals surface area contributed by atoms with Gasteiger partial charge in [-0.05, 0) is 24.3 Å². The van der Waals surface area contributed by atoms with Crippen molar-refractivity contribution in [2.75, 3.05) is 30.5 Å². The van der Waals surface area contributed by atoms with Crippen molar-refractivity contribution in [2.24, 2.45) is 0 Å². The van der Waals surface area contributed by atoms with E-state index in [1.165, 1.54) is 13.5 Å². The molecule has 12 nitrogen and oxygen atoms in total. The van der Waals surface area contributed by atoms with Gasteiger partial charge in [-0.3, -0.25) is 4.31 Å². The Labute approximate surface area is 209 Å². The minimum absolute atomic E-state index is 0.0251. The first-order valence-corrected chi connectivity index (χ1v) is 12.5. The van der Waals surface area contributed by atoms with Crippen molar-refractivity contribution in [1.82, 2.24) is 28.8 Å². The summed E-state index contributed by atoms with van der Waals surface area (Å²) in [4.78, 5) is 16.9. The molecule has 1 N–H and O–H groups in total. The van der Waals surface area contributed by atoms with Crippen molar-refractivity contribution < 1.29 is 31.5 Å². The predicted octanol–water partition coefficient (Wildman–Crippen LogP) is 2.87. The van der Waals surface area contributed by atoms with Crippen LogP contribution in [0.1, 0.15) is 18.0 Å². The molecule has 0 unspecified atom stereocenters. The molecule has 194 valence electrons. The van der Waals surface area contributed by atoms with E-state index in [2.05, 4.69) is 15.2 Å². The number of piperazine rings is 1. The van der Waals surface area contributed by atoms with Crippen LogP contribution in [0, 0.1) is 0 Å². The molecular weight excluding hydrogens is 512 g/mol. The Morgan fingerprint density at radius 1 is 1.11 bits per heavy atom. The highest BCUT2D eigenvalue weighted by atomic mass is 32.2. The van der Waals surface area contributed by atoms with E-state index < -0.39 is 28.6 Å². The van der Waals surface area contributed by atoms with Gasteiger partial charge in [0.15, 0.2) is 0 Å². The second-order valence-corrected chi connectivity index (χ2v) is 10.0. The minimum Gasteiger partial charge on any atom is -0.465 e. The van der Waals surface area contributed by atoms with Crippen LogP contribution >= 0.6 is 0 Å². The number of rotatable bonds is 7. The number of aromatic nitrogens is 4. The van der Waals surface area contributed by atoms with Gasteiger partial charge < -0.3 is 18.8 Å². The lowest BCUT2D eigenvalue weighted by Crippen LogP contribution is -2.54. The van der Waals surface area contributed by atoms with Crippen LogP contribution in [-0.2, 0) is 16.8 Å². The molecule has 5 rings (SSSR count). The van der Waals surface area contributed by atoms with E-state index in [9.17, 15) is 27.1 Å². The lowest BCUT2D eigenvalue weighted by atomic mass is 10.2. The molecule has 1 aliphatic rings. The second kappa shape index (κ2) is 9.74. The summed E-state index contributed by atoms with van der Waals surface area (Å²) < 4.78 is 62.0. The number of alkyl halides is 2. The predicted molar refractivity (Wildman–Crippen MR) is 126 cm³/mol. The summed E-state index contributed by atoms with van der Waals surface area (Å²) in [5, 5.41) is 16.2. The summed E-state index contributed by atoms with van der Waals surface area (Å²) in [7, 11) is -4.02. The van der Waals surface area contributed by atoms with Crippen LogP contribution in [0.25, 0.3) is 17.1 Å². The van der Waals surface area contributed by atoms with Crippen LogP contribution in [0.15, 0.2) is 59.3 Å². The van der Waals surface area contributed by atoms with Crippen molar-refractivity contribution in [3.8, 4) is 11.5 Å². The monoisotopic (exact) mass is 533 g/mol. The van der Waals surface area contributed by atoms with E-state index in [1.807, 2.05) is 0 Å². The van der Waals surface area contributed by atoms with E-state index in [1.54, 1.807) is 59.3 Å². The summed E-state index contributed by atoms with van der Waals surface area (Å²) in [5.74, 6) is -0.872. The molecule has 0 saturated carbocycles. The number of anilines is 1. The fraction of sp³-hybridized carbons (Fsp3) is 0.273. The number of halogens is 2. The molecule has 1 saturated heterocycles. The van der Waals surface area contributed by atoms with E-state index in [0.29, 0.717) is 22.6 Å². The Balaban J connectivity index is 1.43. The standard InChI is InChI=1S/C22H21F2N7O5S/c23-19(24)21-27-26-20(36-21)15-6-7-29-13-16(25-18(29)12-15)14-31(17-4-2-1-3-5-17)37(34,35)30-10-8-28(9-11-30)22(32)33/h1-7,12-13,19H,8-11,14H2,(H,32,33). The summed E-state index contributed by atoms with van der Waals surface area (Å²) in [6, 6.07) is 11.7. The van der Waals surface area contributed by atoms with Crippen molar-refractivity contribution >= 4 is 27.6 Å². The van der Waals surface area contributed by atoms with Crippen LogP contribution < -0.4 is 4.31 Å². The highest BCUT2D eigenvalue weighted by Crippen LogP contribution is 2.26. The number of para-hydroxylation sites is 1. The number of nitrogens with zero attached hydrogens (tertiary/aromatic N) is 7. The number of amides is 1. The Bertz CT molecular complexity index is 1520. The van der Waals surface area contributed by atoms with Gasteiger partial charge in [0.05, 0.1) is 17.9 Å². The maximum Gasteiger partial charge on any atom is 0.407 e. The molecule has 0 spiro atoms. The largest absolute Gasteiger partial charge is 0.465 e. The van der Waals surface area contributed by atoms with Crippen molar-refractivity contribution in [3.05, 3.63) is 66.4 Å². The Morgan fingerprint density at radius 2 is 1.84 bits per heavy atom. The molecule has 1 fully saturated rings. The third-order valence-corrected chi connectivity index (χ3v) is 7.76. The van der Waals surface area contributed by atoms with Crippen LogP contribution in [-0.4, -0.2) is 74.6 Å². The van der Waals surface area contributed by atoms with Crippen molar-refractivity contribution in [1.29, 1.82) is 0 Å². The normalized spacial score (nSPS) is 14.9. The van der Waals surface area contributed by atoms with Gasteiger partial charge in [-0.15, -0.1) is 10.2 Å². The number of carbonyl (C=O) groups is 1. The molecule has 4 heterocycles. The molecule has 1 amide bonds. The van der Waals surface area contributed by atoms with Gasteiger partial charge in [-0.25, -0.2) is 9.78 Å². The molecule has 37 heavy (non-hydrogen) atoms. The number of benzene rings is 1. The lowest BCUT2D eigenvalue weighted by Gasteiger charge is -2.36. The van der Waals surface area contributed by atoms with Gasteiger partial charge in [-0.2, -0.15) is 21.5 Å². The van der Waals surface area contributed by atoms with Gasteiger partial charge in [0.2, 0.25) is 5.89 Å². The Hall–Kier alpha value is -4.11. The SMILES string of the molecule is O=C(O)N1CCN(S(=O)(=O)N(Cc2cn3ccc(-c4nnc(C(F)F)o4)cc3n2)c2ccccc2)CC1. The number of carboxylic acid groups (broad SMARTS) is 1. The van der Waals surface area contributed by atoms with Gasteiger partial charge >= 0.3 is 22.7 Å². The number of imidazole rings is 1. The highest BCUT2D eigenvalue weighted by molar-refractivity contribution is 7.90. The highest BCUT2D eigenvalue weighted by Gasteiger charge is 2.34. The Morgan fingerprint density at radius 3 is 2.49 bits per heavy atom. The number of fused-ring (bicyclic) bond motifs is 1. The number of hydrogen-bond donors (Lipinski definition) is 1. The molecule has 4 aromatic rings. The molecule has 0 radical (unpaired) electrons. The Kier molecular flexibility index (Phi) is 6.47. The molecule has 3 aromatic heterocycles. The first kappa shape index (κ1) is 24.6. The average molecular weight is 534 g/mol. The molecular formula is C22H21F2N7O5S. The second-order valence-electron chi connectivity index (χ2n) is 8.18. The molecule has 0 bridgehead atoms. The van der Waals surface area contributed by atoms with Crippen LogP contribution in [0.2, 0.25) is 0 Å². The van der Waals surface area contributed by atoms with Gasteiger partial charge in [0.25, 0.3) is 5.89 Å². The molecule has 1 aromatic carbocycles. The topological polar surface area (TPSA) is 137 Å². The zero-order valence-electron chi connectivity index (χ0n) is 19.2. The minimum atomic E-state index is -4.02. The fourth-order valence-electron chi connectivity index (χ4n) is 3.98. The summed E-state index contributed by atoms with van der Waals surface area (Å²) >= 11 is 0. The molecule has 0 aliphatic carbocycles. The van der Waals surface area contributed by atoms with E-state index >= 15 is 0 Å². The van der Waals surface area contributed by atoms with Gasteiger partial charge in [0, 0.05) is 44.1 Å². The average Bonchev–Trinajstić information content (AvgIpc) is 3.54. The summed E-state index contributed by atoms with van der Waals surface area (Å²) in [5.41, 5.74) is 1.65. The van der Waals surface area contributed by atoms with Crippen LogP contribution in [0.4, 0.5) is 19.3 Å². The van der Waals surface area contributed by atoms with Crippen molar-refractivity contribution in [2.45, 2.75) is 13.0 Å². The maximum atomic E-state index is 13.6. The van der Waals surface area contributed by atoms with E-state index in [-0.39, 0.29) is 38.6 Å². The molecule has 1 aliphatic heterocycles. The van der Waals surface area contributed by atoms with Crippen LogP contribution in [0.5, 0.6) is 0 Å². The maximum absolute atomic E-state index is 13.6. The zero-order valence-corrected chi connectivity index (χ0v) is 20.0. The first-order valence-electron chi connectivity index (χ1n) is 11.1. The molecule has 0 atom stereocenters. The number of hydrogen-bond acceptors (Lipinski definition) is 7.